The van der Waals surface area contributed by atoms with E-state index >= 15 is 0 Å². The zero-order valence-corrected chi connectivity index (χ0v) is 15.9. The van der Waals surface area contributed by atoms with Crippen molar-refractivity contribution in [3.05, 3.63) is 14.7 Å². The third-order valence-corrected chi connectivity index (χ3v) is 7.85. The highest BCUT2D eigenvalue weighted by molar-refractivity contribution is 9.11. The molecule has 7 heteroatoms. The Morgan fingerprint density at radius 3 is 2.57 bits per heavy atom. The lowest BCUT2D eigenvalue weighted by atomic mass is 9.76. The second kappa shape index (κ2) is 6.66. The van der Waals surface area contributed by atoms with Gasteiger partial charge in [-0.2, -0.15) is 0 Å². The molecule has 0 amide bonds. The van der Waals surface area contributed by atoms with Gasteiger partial charge in [-0.05, 0) is 47.7 Å². The molecule has 0 unspecified atom stereocenters. The van der Waals surface area contributed by atoms with E-state index in [0.717, 1.165) is 30.6 Å². The zero-order valence-electron chi connectivity index (χ0n) is 12.7. The fourth-order valence-electron chi connectivity index (χ4n) is 2.44. The van der Waals surface area contributed by atoms with Crippen LogP contribution >= 0.6 is 27.3 Å². The smallest absolute Gasteiger partial charge is 0.243 e. The van der Waals surface area contributed by atoms with Crippen LogP contribution in [-0.4, -0.2) is 20.0 Å². The van der Waals surface area contributed by atoms with Gasteiger partial charge in [-0.3, -0.25) is 0 Å². The third kappa shape index (κ3) is 4.07. The van der Waals surface area contributed by atoms with Crippen molar-refractivity contribution < 1.29 is 8.42 Å². The maximum atomic E-state index is 12.6. The van der Waals surface area contributed by atoms with Crippen molar-refractivity contribution in [2.75, 3.05) is 0 Å². The summed E-state index contributed by atoms with van der Waals surface area (Å²) < 4.78 is 28.8. The van der Waals surface area contributed by atoms with Crippen LogP contribution in [0.25, 0.3) is 0 Å². The lowest BCUT2D eigenvalue weighted by Gasteiger charge is -2.41. The maximum absolute atomic E-state index is 12.6. The quantitative estimate of drug-likeness (QED) is 0.742. The number of hydrogen-bond acceptors (Lipinski definition) is 4. The van der Waals surface area contributed by atoms with E-state index in [9.17, 15) is 8.42 Å². The van der Waals surface area contributed by atoms with E-state index in [1.165, 1.54) is 11.3 Å². The van der Waals surface area contributed by atoms with Crippen molar-refractivity contribution in [3.63, 3.8) is 0 Å². The third-order valence-electron chi connectivity index (χ3n) is 4.02. The SMILES string of the molecule is CCC1(NS(=O)(=O)c2cc(CNC(C)C)sc2Br)CCC1. The molecule has 0 aromatic carbocycles. The summed E-state index contributed by atoms with van der Waals surface area (Å²) in [5.74, 6) is 0. The Labute approximate surface area is 139 Å². The molecule has 0 spiro atoms. The van der Waals surface area contributed by atoms with Gasteiger partial charge in [0.15, 0.2) is 0 Å². The second-order valence-corrected chi connectivity index (χ2v) is 10.1. The van der Waals surface area contributed by atoms with Crippen LogP contribution in [0, 0.1) is 0 Å². The fourth-order valence-corrected chi connectivity index (χ4v) is 6.61. The number of sulfonamides is 1. The summed E-state index contributed by atoms with van der Waals surface area (Å²) in [6.07, 6.45) is 3.82. The van der Waals surface area contributed by atoms with E-state index in [1.54, 1.807) is 6.07 Å². The Hall–Kier alpha value is 0.0500. The van der Waals surface area contributed by atoms with Gasteiger partial charge in [0.05, 0.1) is 3.79 Å². The number of halogens is 1. The molecule has 1 aliphatic rings. The summed E-state index contributed by atoms with van der Waals surface area (Å²) in [6, 6.07) is 2.15. The first-order valence-corrected chi connectivity index (χ1v) is 10.4. The van der Waals surface area contributed by atoms with Crippen molar-refractivity contribution in [3.8, 4) is 0 Å². The predicted molar refractivity (Wildman–Crippen MR) is 91.2 cm³/mol. The molecule has 1 aromatic heterocycles. The Balaban J connectivity index is 2.16. The minimum Gasteiger partial charge on any atom is -0.310 e. The molecule has 1 saturated carbocycles. The molecule has 0 atom stereocenters. The van der Waals surface area contributed by atoms with Gasteiger partial charge < -0.3 is 5.32 Å². The molecule has 120 valence electrons. The molecule has 0 saturated heterocycles. The highest BCUT2D eigenvalue weighted by atomic mass is 79.9. The number of thiophene rings is 1. The molecule has 1 aliphatic carbocycles. The van der Waals surface area contributed by atoms with Gasteiger partial charge in [0.1, 0.15) is 4.90 Å². The molecular formula is C14H23BrN2O2S2. The Kier molecular flexibility index (Phi) is 5.52. The molecule has 1 aromatic rings. The standard InChI is InChI=1S/C14H23BrN2O2S2/c1-4-14(6-5-7-14)17-21(18,19)12-8-11(20-13(12)15)9-16-10(2)3/h8,10,16-17H,4-7,9H2,1-3H3. The summed E-state index contributed by atoms with van der Waals surface area (Å²) in [4.78, 5) is 1.39. The normalized spacial score (nSPS) is 18.0. The number of nitrogens with one attached hydrogen (secondary N) is 2. The first kappa shape index (κ1) is 17.4. The van der Waals surface area contributed by atoms with Crippen LogP contribution in [0.15, 0.2) is 14.7 Å². The Morgan fingerprint density at radius 1 is 1.43 bits per heavy atom. The summed E-state index contributed by atoms with van der Waals surface area (Å²) >= 11 is 4.88. The maximum Gasteiger partial charge on any atom is 0.243 e. The summed E-state index contributed by atoms with van der Waals surface area (Å²) in [5, 5.41) is 3.31. The molecule has 1 fully saturated rings. The van der Waals surface area contributed by atoms with E-state index in [1.807, 2.05) is 6.92 Å². The van der Waals surface area contributed by atoms with Crippen molar-refractivity contribution in [1.29, 1.82) is 0 Å². The largest absolute Gasteiger partial charge is 0.310 e. The lowest BCUT2D eigenvalue weighted by molar-refractivity contribution is 0.214. The van der Waals surface area contributed by atoms with Crippen LogP contribution < -0.4 is 10.0 Å². The minimum atomic E-state index is -3.45. The van der Waals surface area contributed by atoms with Crippen LogP contribution in [0.2, 0.25) is 0 Å². The molecule has 2 N–H and O–H groups in total. The first-order valence-electron chi connectivity index (χ1n) is 7.33. The number of hydrogen-bond donors (Lipinski definition) is 2. The summed E-state index contributed by atoms with van der Waals surface area (Å²) in [7, 11) is -3.45. The van der Waals surface area contributed by atoms with Gasteiger partial charge in [-0.15, -0.1) is 11.3 Å². The average molecular weight is 395 g/mol. The molecule has 2 rings (SSSR count). The minimum absolute atomic E-state index is 0.226. The van der Waals surface area contributed by atoms with Gasteiger partial charge in [-0.25, -0.2) is 13.1 Å². The second-order valence-electron chi connectivity index (χ2n) is 5.98. The molecule has 0 aliphatic heterocycles. The van der Waals surface area contributed by atoms with Gasteiger partial charge >= 0.3 is 0 Å². The van der Waals surface area contributed by atoms with E-state index in [0.29, 0.717) is 21.3 Å². The lowest BCUT2D eigenvalue weighted by Crippen LogP contribution is -2.52. The van der Waals surface area contributed by atoms with Crippen LogP contribution in [0.5, 0.6) is 0 Å². The highest BCUT2D eigenvalue weighted by Crippen LogP contribution is 2.38. The van der Waals surface area contributed by atoms with Gasteiger partial charge in [0.2, 0.25) is 10.0 Å². The summed E-state index contributed by atoms with van der Waals surface area (Å²) in [6.45, 7) is 6.88. The van der Waals surface area contributed by atoms with E-state index in [2.05, 4.69) is 39.8 Å². The van der Waals surface area contributed by atoms with Crippen molar-refractivity contribution in [2.45, 2.75) is 69.5 Å². The molecular weight excluding hydrogens is 372 g/mol. The van der Waals surface area contributed by atoms with E-state index < -0.39 is 10.0 Å². The van der Waals surface area contributed by atoms with Crippen LogP contribution in [0.3, 0.4) is 0 Å². The Bertz CT molecular complexity index is 587. The van der Waals surface area contributed by atoms with Gasteiger partial charge in [-0.1, -0.05) is 20.8 Å². The first-order chi connectivity index (χ1) is 9.78. The van der Waals surface area contributed by atoms with Crippen LogP contribution in [0.1, 0.15) is 51.3 Å². The van der Waals surface area contributed by atoms with Crippen LogP contribution in [-0.2, 0) is 16.6 Å². The molecule has 0 radical (unpaired) electrons. The predicted octanol–water partition coefficient (Wildman–Crippen LogP) is 3.62. The van der Waals surface area contributed by atoms with E-state index in [-0.39, 0.29) is 5.54 Å². The van der Waals surface area contributed by atoms with Gasteiger partial charge in [0, 0.05) is 23.0 Å². The number of rotatable bonds is 7. The highest BCUT2D eigenvalue weighted by Gasteiger charge is 2.39. The average Bonchev–Trinajstić information content (AvgIpc) is 2.74. The molecule has 0 bridgehead atoms. The van der Waals surface area contributed by atoms with Crippen molar-refractivity contribution in [2.24, 2.45) is 0 Å². The van der Waals surface area contributed by atoms with E-state index in [4.69, 9.17) is 0 Å². The van der Waals surface area contributed by atoms with Crippen molar-refractivity contribution >= 4 is 37.3 Å². The molecule has 21 heavy (non-hydrogen) atoms. The summed E-state index contributed by atoms with van der Waals surface area (Å²) in [5.41, 5.74) is -0.226. The topological polar surface area (TPSA) is 58.2 Å². The Morgan fingerprint density at radius 2 is 2.10 bits per heavy atom. The monoisotopic (exact) mass is 394 g/mol. The fraction of sp³-hybridized carbons (Fsp3) is 0.714. The molecule has 1 heterocycles. The van der Waals surface area contributed by atoms with Crippen molar-refractivity contribution in [1.82, 2.24) is 10.0 Å². The van der Waals surface area contributed by atoms with Gasteiger partial charge in [0.25, 0.3) is 0 Å². The zero-order chi connectivity index (χ0) is 15.7. The molecule has 4 nitrogen and oxygen atoms in total. The van der Waals surface area contributed by atoms with Crippen LogP contribution in [0.4, 0.5) is 0 Å².